The zero-order chi connectivity index (χ0) is 14.2. The zero-order valence-corrected chi connectivity index (χ0v) is 11.7. The van der Waals surface area contributed by atoms with Crippen LogP contribution in [0.5, 0.6) is 5.75 Å². The Bertz CT molecular complexity index is 487. The number of piperidine rings is 1. The van der Waals surface area contributed by atoms with Crippen LogP contribution in [0.1, 0.15) is 24.8 Å². The topological polar surface area (TPSA) is 38.5 Å². The average molecular weight is 276 g/mol. The van der Waals surface area contributed by atoms with Gasteiger partial charge in [0.05, 0.1) is 12.1 Å². The Morgan fingerprint density at radius 3 is 2.75 bits per heavy atom. The first-order valence-electron chi connectivity index (χ1n) is 7.13. The highest BCUT2D eigenvalue weighted by molar-refractivity contribution is 5.39. The molecule has 1 saturated heterocycles. The fraction of sp³-hybridized carbons (Fsp3) is 0.500. The molecule has 2 rings (SSSR count). The number of halogens is 1. The van der Waals surface area contributed by atoms with Gasteiger partial charge in [0, 0.05) is 12.6 Å². The van der Waals surface area contributed by atoms with E-state index >= 15 is 0 Å². The van der Waals surface area contributed by atoms with Crippen LogP contribution in [0.25, 0.3) is 0 Å². The van der Waals surface area contributed by atoms with Gasteiger partial charge in [-0.1, -0.05) is 18.3 Å². The minimum atomic E-state index is -0.360. The molecule has 3 nitrogen and oxygen atoms in total. The summed E-state index contributed by atoms with van der Waals surface area (Å²) < 4.78 is 19.3. The maximum absolute atomic E-state index is 13.7. The van der Waals surface area contributed by atoms with E-state index in [2.05, 4.69) is 16.7 Å². The van der Waals surface area contributed by atoms with Gasteiger partial charge in [-0.25, -0.2) is 4.39 Å². The fourth-order valence-electron chi connectivity index (χ4n) is 2.31. The van der Waals surface area contributed by atoms with E-state index in [4.69, 9.17) is 10.5 Å². The summed E-state index contributed by atoms with van der Waals surface area (Å²) >= 11 is 0. The predicted molar refractivity (Wildman–Crippen MR) is 78.1 cm³/mol. The molecular weight excluding hydrogens is 255 g/mol. The molecule has 0 spiro atoms. The number of nitrogens with two attached hydrogens (primary N) is 1. The second-order valence-electron chi connectivity index (χ2n) is 4.90. The van der Waals surface area contributed by atoms with Crippen LogP contribution in [0.4, 0.5) is 4.39 Å². The van der Waals surface area contributed by atoms with Crippen LogP contribution in [0.15, 0.2) is 18.2 Å². The quantitative estimate of drug-likeness (QED) is 0.855. The van der Waals surface area contributed by atoms with E-state index in [-0.39, 0.29) is 12.4 Å². The van der Waals surface area contributed by atoms with Gasteiger partial charge in [0.15, 0.2) is 0 Å². The zero-order valence-electron chi connectivity index (χ0n) is 11.7. The lowest BCUT2D eigenvalue weighted by Gasteiger charge is -2.26. The van der Waals surface area contributed by atoms with Crippen molar-refractivity contribution in [2.24, 2.45) is 5.73 Å². The predicted octanol–water partition coefficient (Wildman–Crippen LogP) is 2.00. The second-order valence-corrected chi connectivity index (χ2v) is 4.90. The number of benzene rings is 1. The lowest BCUT2D eigenvalue weighted by Crippen LogP contribution is -2.33. The summed E-state index contributed by atoms with van der Waals surface area (Å²) in [5, 5.41) is 0. The lowest BCUT2D eigenvalue weighted by atomic mass is 10.1. The van der Waals surface area contributed by atoms with Crippen molar-refractivity contribution < 1.29 is 9.13 Å². The van der Waals surface area contributed by atoms with Crippen molar-refractivity contribution in [3.05, 3.63) is 29.6 Å². The molecule has 0 radical (unpaired) electrons. The largest absolute Gasteiger partial charge is 0.492 e. The van der Waals surface area contributed by atoms with E-state index in [0.717, 1.165) is 19.6 Å². The van der Waals surface area contributed by atoms with Crippen LogP contribution in [-0.2, 0) is 0 Å². The Morgan fingerprint density at radius 2 is 2.05 bits per heavy atom. The molecule has 2 N–H and O–H groups in total. The molecule has 1 aromatic rings. The van der Waals surface area contributed by atoms with Gasteiger partial charge in [-0.15, -0.1) is 0 Å². The van der Waals surface area contributed by atoms with Gasteiger partial charge in [-0.05, 0) is 38.1 Å². The van der Waals surface area contributed by atoms with Gasteiger partial charge >= 0.3 is 0 Å². The number of hydrogen-bond acceptors (Lipinski definition) is 3. The van der Waals surface area contributed by atoms with Crippen LogP contribution in [0, 0.1) is 17.7 Å². The van der Waals surface area contributed by atoms with Crippen LogP contribution in [0.2, 0.25) is 0 Å². The summed E-state index contributed by atoms with van der Waals surface area (Å²) in [6, 6.07) is 4.77. The highest BCUT2D eigenvalue weighted by atomic mass is 19.1. The third kappa shape index (κ3) is 4.52. The van der Waals surface area contributed by atoms with Crippen molar-refractivity contribution in [3.8, 4) is 17.6 Å². The molecule has 1 fully saturated rings. The molecule has 0 saturated carbocycles. The number of nitrogens with zero attached hydrogens (tertiary/aromatic N) is 1. The number of hydrogen-bond donors (Lipinski definition) is 1. The summed E-state index contributed by atoms with van der Waals surface area (Å²) in [6.07, 6.45) is 3.86. The van der Waals surface area contributed by atoms with Crippen LogP contribution in [-0.4, -0.2) is 37.7 Å². The lowest BCUT2D eigenvalue weighted by molar-refractivity contribution is 0.183. The van der Waals surface area contributed by atoms with Gasteiger partial charge in [0.1, 0.15) is 18.2 Å². The third-order valence-electron chi connectivity index (χ3n) is 3.39. The van der Waals surface area contributed by atoms with Crippen LogP contribution >= 0.6 is 0 Å². The van der Waals surface area contributed by atoms with E-state index in [1.807, 2.05) is 0 Å². The summed E-state index contributed by atoms with van der Waals surface area (Å²) in [7, 11) is 0. The standard InChI is InChI=1S/C16H21FN2O/c17-16-13-15(7-6-14(16)5-4-8-18)20-12-11-19-9-2-1-3-10-19/h6-7,13H,1-3,8-12,18H2. The first-order chi connectivity index (χ1) is 9.79. The monoisotopic (exact) mass is 276 g/mol. The molecule has 0 atom stereocenters. The van der Waals surface area contributed by atoms with Crippen molar-refractivity contribution >= 4 is 0 Å². The molecule has 0 unspecified atom stereocenters. The minimum absolute atomic E-state index is 0.230. The average Bonchev–Trinajstić information content (AvgIpc) is 2.47. The molecule has 1 aliphatic rings. The molecular formula is C16H21FN2O. The molecule has 0 bridgehead atoms. The number of rotatable bonds is 4. The first kappa shape index (κ1) is 14.8. The SMILES string of the molecule is NCC#Cc1ccc(OCCN2CCCCC2)cc1F. The van der Waals surface area contributed by atoms with E-state index in [0.29, 0.717) is 17.9 Å². The van der Waals surface area contributed by atoms with Crippen molar-refractivity contribution in [1.82, 2.24) is 4.90 Å². The van der Waals surface area contributed by atoms with Crippen LogP contribution in [0.3, 0.4) is 0 Å². The van der Waals surface area contributed by atoms with Crippen LogP contribution < -0.4 is 10.5 Å². The summed E-state index contributed by atoms with van der Waals surface area (Å²) in [6.45, 7) is 4.01. The Labute approximate surface area is 119 Å². The van der Waals surface area contributed by atoms with E-state index in [9.17, 15) is 4.39 Å². The second kappa shape index (κ2) is 7.88. The molecule has 20 heavy (non-hydrogen) atoms. The van der Waals surface area contributed by atoms with Gasteiger partial charge < -0.3 is 10.5 Å². The summed E-state index contributed by atoms with van der Waals surface area (Å²) in [5.41, 5.74) is 5.63. The molecule has 108 valence electrons. The van der Waals surface area contributed by atoms with E-state index in [1.54, 1.807) is 12.1 Å². The molecule has 1 aliphatic heterocycles. The summed E-state index contributed by atoms with van der Waals surface area (Å²) in [5.74, 6) is 5.53. The molecule has 0 aliphatic carbocycles. The Balaban J connectivity index is 1.82. The smallest absolute Gasteiger partial charge is 0.142 e. The van der Waals surface area contributed by atoms with Gasteiger partial charge in [-0.2, -0.15) is 0 Å². The van der Waals surface area contributed by atoms with Crippen molar-refractivity contribution in [1.29, 1.82) is 0 Å². The van der Waals surface area contributed by atoms with E-state index in [1.165, 1.54) is 25.3 Å². The Kier molecular flexibility index (Phi) is 5.85. The molecule has 1 heterocycles. The highest BCUT2D eigenvalue weighted by Crippen LogP contribution is 2.16. The fourth-order valence-corrected chi connectivity index (χ4v) is 2.31. The minimum Gasteiger partial charge on any atom is -0.492 e. The molecule has 4 heteroatoms. The highest BCUT2D eigenvalue weighted by Gasteiger charge is 2.09. The number of ether oxygens (including phenoxy) is 1. The maximum atomic E-state index is 13.7. The normalized spacial score (nSPS) is 15.5. The Hall–Kier alpha value is -1.57. The van der Waals surface area contributed by atoms with Gasteiger partial charge in [-0.3, -0.25) is 4.90 Å². The van der Waals surface area contributed by atoms with E-state index < -0.39 is 0 Å². The van der Waals surface area contributed by atoms with Crippen molar-refractivity contribution in [3.63, 3.8) is 0 Å². The first-order valence-corrected chi connectivity index (χ1v) is 7.13. The molecule has 0 amide bonds. The van der Waals surface area contributed by atoms with Crippen molar-refractivity contribution in [2.45, 2.75) is 19.3 Å². The van der Waals surface area contributed by atoms with Gasteiger partial charge in [0.2, 0.25) is 0 Å². The Morgan fingerprint density at radius 1 is 1.25 bits per heavy atom. The maximum Gasteiger partial charge on any atom is 0.142 e. The summed E-state index contributed by atoms with van der Waals surface area (Å²) in [4.78, 5) is 2.39. The van der Waals surface area contributed by atoms with Gasteiger partial charge in [0.25, 0.3) is 0 Å². The molecule has 0 aromatic heterocycles. The number of likely N-dealkylation sites (tertiary alicyclic amines) is 1. The van der Waals surface area contributed by atoms with Crippen molar-refractivity contribution in [2.75, 3.05) is 32.8 Å². The molecule has 1 aromatic carbocycles. The third-order valence-corrected chi connectivity index (χ3v) is 3.39.